The Morgan fingerprint density at radius 1 is 0.540 bits per heavy atom. The number of benzene rings is 2. The van der Waals surface area contributed by atoms with Crippen LogP contribution in [0.15, 0.2) is 120 Å². The van der Waals surface area contributed by atoms with Gasteiger partial charge in [0.2, 0.25) is 19.3 Å². The van der Waals surface area contributed by atoms with Gasteiger partial charge in [-0.25, -0.2) is 26.3 Å². The largest absolute Gasteiger partial charge is 0.410 e. The summed E-state index contributed by atoms with van der Waals surface area (Å²) >= 11 is 0. The summed E-state index contributed by atoms with van der Waals surface area (Å²) in [4.78, 5) is 11.9. The molecule has 2 aromatic carbocycles. The summed E-state index contributed by atoms with van der Waals surface area (Å²) in [5.74, 6) is 5.55. The summed E-state index contributed by atoms with van der Waals surface area (Å²) in [5, 5.41) is 1.99. The Morgan fingerprint density at radius 3 is 1.40 bits per heavy atom. The van der Waals surface area contributed by atoms with Crippen LogP contribution < -0.4 is 10.6 Å². The second kappa shape index (κ2) is 34.7. The quantitative estimate of drug-likeness (QED) is 0.0646. The molecule has 8 aliphatic rings. The number of fused-ring (bicyclic) bond motifs is 3. The van der Waals surface area contributed by atoms with Gasteiger partial charge in [0.05, 0.1) is 12.2 Å². The summed E-state index contributed by atoms with van der Waals surface area (Å²) in [6.07, 6.45) is 21.7. The van der Waals surface area contributed by atoms with E-state index < -0.39 is 43.1 Å². The van der Waals surface area contributed by atoms with E-state index in [0.29, 0.717) is 59.3 Å². The lowest BCUT2D eigenvalue weighted by atomic mass is 9.59. The van der Waals surface area contributed by atoms with Crippen molar-refractivity contribution in [1.29, 1.82) is 0 Å². The highest BCUT2D eigenvalue weighted by Crippen LogP contribution is 2.62. The fourth-order valence-corrected chi connectivity index (χ4v) is 25.6. The summed E-state index contributed by atoms with van der Waals surface area (Å²) in [7, 11) is -6.92. The third kappa shape index (κ3) is 20.2. The van der Waals surface area contributed by atoms with Gasteiger partial charge in [-0.3, -0.25) is 4.79 Å². The molecule has 564 valence electrons. The molecule has 0 saturated heterocycles. The van der Waals surface area contributed by atoms with E-state index in [1.165, 1.54) is 68.9 Å². The van der Waals surface area contributed by atoms with E-state index in [-0.39, 0.29) is 76.0 Å². The molecule has 0 heterocycles. The van der Waals surface area contributed by atoms with Crippen LogP contribution >= 0.6 is 7.14 Å². The molecule has 13 heteroatoms. The van der Waals surface area contributed by atoms with Gasteiger partial charge in [-0.2, -0.15) is 0 Å². The molecule has 8 aliphatic carbocycles. The fraction of sp³-hybridized carbons (Fsp3) is 0.736. The first-order chi connectivity index (χ1) is 46.5. The molecule has 0 bridgehead atoms. The van der Waals surface area contributed by atoms with Crippen LogP contribution in [0.3, 0.4) is 0 Å². The maximum absolute atomic E-state index is 14.7. The second-order valence-corrected chi connectivity index (χ2v) is 49.6. The van der Waals surface area contributed by atoms with Crippen LogP contribution in [-0.4, -0.2) is 60.1 Å². The normalized spacial score (nSPS) is 32.6. The Hall–Kier alpha value is -3.03. The smallest absolute Gasteiger partial charge is 0.238 e. The van der Waals surface area contributed by atoms with Crippen molar-refractivity contribution in [2.75, 3.05) is 6.16 Å². The first-order valence-electron chi connectivity index (χ1n) is 39.4. The molecule has 8 fully saturated rings. The summed E-state index contributed by atoms with van der Waals surface area (Å²) in [6.45, 7) is 51.6. The average Bonchev–Trinajstić information content (AvgIpc) is 1.60. The second-order valence-electron chi connectivity index (χ2n) is 37.2. The van der Waals surface area contributed by atoms with Crippen LogP contribution in [0.1, 0.15) is 245 Å². The zero-order valence-electron chi connectivity index (χ0n) is 65.8. The van der Waals surface area contributed by atoms with E-state index in [9.17, 15) is 35.7 Å². The number of Topliss-reactive ketones (excluding diaryl/α,β-unsaturated/α-hetero) is 1. The number of halogens is 6. The van der Waals surface area contributed by atoms with Crippen molar-refractivity contribution in [3.05, 3.63) is 120 Å². The summed E-state index contributed by atoms with van der Waals surface area (Å²) in [5.41, 5.74) is 7.46. The van der Waals surface area contributed by atoms with E-state index in [0.717, 1.165) is 85.8 Å². The zero-order valence-corrected chi connectivity index (χ0v) is 68.7. The van der Waals surface area contributed by atoms with Gasteiger partial charge in [0.15, 0.2) is 16.6 Å². The van der Waals surface area contributed by atoms with Gasteiger partial charge in [-0.1, -0.05) is 231 Å². The van der Waals surface area contributed by atoms with Gasteiger partial charge in [0.1, 0.15) is 12.9 Å². The van der Waals surface area contributed by atoms with E-state index in [1.807, 2.05) is 74.5 Å². The number of rotatable bonds is 18. The van der Waals surface area contributed by atoms with Crippen LogP contribution in [0.4, 0.5) is 26.3 Å². The molecule has 0 aromatic heterocycles. The molecule has 8 saturated carbocycles. The molecule has 2 aromatic rings. The van der Waals surface area contributed by atoms with E-state index in [4.69, 9.17) is 8.85 Å². The number of hydrogen-bond acceptors (Lipinski definition) is 4. The van der Waals surface area contributed by atoms with Crippen molar-refractivity contribution in [3.8, 4) is 0 Å². The highest BCUT2D eigenvalue weighted by Gasteiger charge is 2.55. The van der Waals surface area contributed by atoms with Gasteiger partial charge in [-0.15, -0.1) is 0 Å². The molecule has 4 nitrogen and oxygen atoms in total. The third-order valence-corrected chi connectivity index (χ3v) is 40.3. The van der Waals surface area contributed by atoms with Crippen molar-refractivity contribution in [3.63, 3.8) is 0 Å². The van der Waals surface area contributed by atoms with Gasteiger partial charge < -0.3 is 13.4 Å². The minimum Gasteiger partial charge on any atom is -0.410 e. The van der Waals surface area contributed by atoms with E-state index in [1.54, 1.807) is 11.1 Å². The predicted molar refractivity (Wildman–Crippen MR) is 416 cm³/mol. The maximum Gasteiger partial charge on any atom is 0.238 e. The van der Waals surface area contributed by atoms with E-state index in [2.05, 4.69) is 148 Å². The molecular weight excluding hydrogens is 1310 g/mol. The van der Waals surface area contributed by atoms with E-state index >= 15 is 0 Å². The van der Waals surface area contributed by atoms with Crippen molar-refractivity contribution in [2.24, 2.45) is 87.3 Å². The minimum atomic E-state index is -2.84. The molecule has 0 unspecified atom stereocenters. The Morgan fingerprint density at radius 2 is 0.950 bits per heavy atom. The minimum absolute atomic E-state index is 0.00361. The summed E-state index contributed by atoms with van der Waals surface area (Å²) in [6, 6.07) is 19.9. The van der Waals surface area contributed by atoms with Gasteiger partial charge >= 0.3 is 0 Å². The monoisotopic (exact) mass is 1450 g/mol. The van der Waals surface area contributed by atoms with Gasteiger partial charge in [-0.05, 0) is 226 Å². The Labute approximate surface area is 607 Å². The van der Waals surface area contributed by atoms with Gasteiger partial charge in [0, 0.05) is 48.4 Å². The summed E-state index contributed by atoms with van der Waals surface area (Å²) < 4.78 is 105. The van der Waals surface area contributed by atoms with Crippen LogP contribution in [0.5, 0.6) is 0 Å². The van der Waals surface area contributed by atoms with Gasteiger partial charge in [0.25, 0.3) is 0 Å². The van der Waals surface area contributed by atoms with Crippen LogP contribution in [0.25, 0.3) is 0 Å². The zero-order chi connectivity index (χ0) is 74.3. The molecule has 0 spiro atoms. The van der Waals surface area contributed by atoms with Crippen LogP contribution in [0, 0.1) is 87.3 Å². The number of carbonyl (C=O) groups is 1. The number of alkyl halides is 6. The Bertz CT molecular complexity index is 3040. The molecule has 0 amide bonds. The van der Waals surface area contributed by atoms with Crippen LogP contribution in [0.2, 0.25) is 36.3 Å². The standard InChI is InChI=1S/C33H51O3PSi2.C25H38F2.C15H26F2.C14H22F2O/c1-26-30(35-38(8,9)32(2,3)4)24-27(25-31(26)36-39(10,11)33(5,6)7)22-23-37(34,28-18-14-12-15-19-28)29-20-16-13-17-21-29;1-16-13-20(14-17(2)19(16)4)8-9-21-7-6-12-25(5)22(10-11-23(21)25)18(3)15-24(26)27;1-10-5-4-8-15(3)12(10)6-7-13(15)11(2)9-14(16)17;1-9(8-13(15)16)10-5-6-11-12(17)4-3-7-14(10,11)2/h12-22,30-31H,1,23-25H2,2-11H3;8-9,16-18,22-24H,4,6-7,10-15H2,1-3,5H3;10-14H,4-9H2,1-3H3;9-11,13H,3-8H2,1-2H3/b;21-9+;;/t30-,31-;16-,17-,18-,22-,23+,25-;10-,11+,12-,13+,15-;9-,10-,11+,14-/m1101/s1. The molecule has 0 aliphatic heterocycles. The fourth-order valence-electron chi connectivity index (χ4n) is 20.4. The predicted octanol–water partition coefficient (Wildman–Crippen LogP) is 26.2. The molecule has 0 radical (unpaired) electrons. The lowest BCUT2D eigenvalue weighted by molar-refractivity contribution is -0.130. The van der Waals surface area contributed by atoms with Crippen LogP contribution in [-0.2, 0) is 18.2 Å². The SMILES string of the molecule is C=C1[C@H](C)CC(=C/C=C2\CCC[C@]3(C)[C@@H]([C@H](C)CC(F)F)CC[C@@H]23)C[C@H]1C.C=C1[C@H](O[Si](C)(C)C(C)(C)C)CC(=CCP(=O)(c2ccccc2)c2ccccc2)C[C@H]1O[Si](C)(C)C(C)(C)C.C[C@H](CC(F)F)[C@H]1CC[C@H]2C(=O)CCC[C@]12C.C[C@H](CC(F)F)[C@H]1CC[C@H]2[C@@H](C)CCC[C@]12C. The highest BCUT2D eigenvalue weighted by atomic mass is 31.2. The molecule has 100 heavy (non-hydrogen) atoms. The molecule has 10 rings (SSSR count). The maximum atomic E-state index is 14.7. The molecule has 17 atom stereocenters. The Balaban J connectivity index is 0.000000199. The lowest BCUT2D eigenvalue weighted by Gasteiger charge is -2.46. The topological polar surface area (TPSA) is 52.6 Å². The Kier molecular flexibility index (Phi) is 29.2. The number of ketones is 1. The molecular formula is C87H137F6O4PSi2. The number of allylic oxidation sites excluding steroid dienone is 6. The number of carbonyl (C=O) groups excluding carboxylic acids is 1. The highest BCUT2D eigenvalue weighted by molar-refractivity contribution is 7.78. The van der Waals surface area contributed by atoms with Crippen molar-refractivity contribution in [2.45, 2.75) is 313 Å². The first kappa shape index (κ1) is 84.2. The number of hydrogen-bond donors (Lipinski definition) is 0. The third-order valence-electron chi connectivity index (χ3n) is 28.4. The van der Waals surface area contributed by atoms with Crippen molar-refractivity contribution < 1.29 is 44.6 Å². The lowest BCUT2D eigenvalue weighted by Crippen LogP contribution is -2.49. The average molecular weight is 1450 g/mol. The first-order valence-corrected chi connectivity index (χ1v) is 47.1. The van der Waals surface area contributed by atoms with Crippen molar-refractivity contribution >= 4 is 40.2 Å². The van der Waals surface area contributed by atoms with Crippen molar-refractivity contribution in [1.82, 2.24) is 0 Å². The molecule has 0 N–H and O–H groups in total.